The van der Waals surface area contributed by atoms with Gasteiger partial charge in [-0.25, -0.2) is 0 Å². The van der Waals surface area contributed by atoms with Gasteiger partial charge in [0, 0.05) is 37.0 Å². The molecule has 5 nitrogen and oxygen atoms in total. The van der Waals surface area contributed by atoms with Gasteiger partial charge in [-0.2, -0.15) is 0 Å². The molecular formula is C18H31N3O2. The SMILES string of the molecule is CC1NCCCC1NC(=O)C1CCCCC1C(=O)N1CCCC1. The number of likely N-dealkylation sites (tertiary alicyclic amines) is 1. The Bertz CT molecular complexity index is 434. The first-order chi connectivity index (χ1) is 11.2. The molecule has 3 aliphatic rings. The summed E-state index contributed by atoms with van der Waals surface area (Å²) in [7, 11) is 0. The summed E-state index contributed by atoms with van der Waals surface area (Å²) in [6.45, 7) is 4.94. The summed E-state index contributed by atoms with van der Waals surface area (Å²) in [4.78, 5) is 27.6. The smallest absolute Gasteiger partial charge is 0.226 e. The second kappa shape index (κ2) is 7.65. The molecule has 130 valence electrons. The third kappa shape index (κ3) is 3.87. The van der Waals surface area contributed by atoms with Crippen LogP contribution in [0.5, 0.6) is 0 Å². The molecule has 2 N–H and O–H groups in total. The molecule has 0 spiro atoms. The molecule has 4 unspecified atom stereocenters. The van der Waals surface area contributed by atoms with E-state index in [4.69, 9.17) is 0 Å². The maximum atomic E-state index is 12.8. The Morgan fingerprint density at radius 1 is 0.957 bits per heavy atom. The summed E-state index contributed by atoms with van der Waals surface area (Å²) in [5, 5.41) is 6.67. The number of nitrogens with zero attached hydrogens (tertiary/aromatic N) is 1. The topological polar surface area (TPSA) is 61.4 Å². The van der Waals surface area contributed by atoms with Gasteiger partial charge in [0.05, 0.1) is 0 Å². The van der Waals surface area contributed by atoms with Gasteiger partial charge in [-0.15, -0.1) is 0 Å². The summed E-state index contributed by atoms with van der Waals surface area (Å²) in [6, 6.07) is 0.532. The van der Waals surface area contributed by atoms with Gasteiger partial charge in [0.25, 0.3) is 0 Å². The predicted molar refractivity (Wildman–Crippen MR) is 89.9 cm³/mol. The minimum Gasteiger partial charge on any atom is -0.352 e. The fourth-order valence-electron chi connectivity index (χ4n) is 4.44. The number of hydrogen-bond acceptors (Lipinski definition) is 3. The van der Waals surface area contributed by atoms with Gasteiger partial charge in [-0.1, -0.05) is 12.8 Å². The minimum absolute atomic E-state index is 0.0892. The number of amides is 2. The lowest BCUT2D eigenvalue weighted by Crippen LogP contribution is -2.54. The highest BCUT2D eigenvalue weighted by atomic mass is 16.2. The van der Waals surface area contributed by atoms with E-state index in [9.17, 15) is 9.59 Å². The highest BCUT2D eigenvalue weighted by Gasteiger charge is 2.39. The van der Waals surface area contributed by atoms with Gasteiger partial charge in [-0.3, -0.25) is 9.59 Å². The third-order valence-electron chi connectivity index (χ3n) is 5.93. The van der Waals surface area contributed by atoms with Crippen molar-refractivity contribution in [2.75, 3.05) is 19.6 Å². The summed E-state index contributed by atoms with van der Waals surface area (Å²) in [5.41, 5.74) is 0. The molecule has 2 saturated heterocycles. The maximum Gasteiger partial charge on any atom is 0.226 e. The molecule has 4 atom stereocenters. The molecule has 0 aromatic carbocycles. The lowest BCUT2D eigenvalue weighted by Gasteiger charge is -2.36. The van der Waals surface area contributed by atoms with Crippen molar-refractivity contribution in [1.29, 1.82) is 0 Å². The monoisotopic (exact) mass is 321 g/mol. The van der Waals surface area contributed by atoms with E-state index in [1.807, 2.05) is 4.90 Å². The number of piperidine rings is 1. The van der Waals surface area contributed by atoms with Crippen LogP contribution < -0.4 is 10.6 Å². The summed E-state index contributed by atoms with van der Waals surface area (Å²) < 4.78 is 0. The number of nitrogens with one attached hydrogen (secondary N) is 2. The first-order valence-corrected chi connectivity index (χ1v) is 9.49. The van der Waals surface area contributed by atoms with E-state index in [1.165, 1.54) is 0 Å². The van der Waals surface area contributed by atoms with Crippen molar-refractivity contribution in [1.82, 2.24) is 15.5 Å². The Balaban J connectivity index is 1.62. The van der Waals surface area contributed by atoms with E-state index in [1.54, 1.807) is 0 Å². The zero-order chi connectivity index (χ0) is 16.2. The summed E-state index contributed by atoms with van der Waals surface area (Å²) in [5.74, 6) is 0.139. The van der Waals surface area contributed by atoms with Gasteiger partial charge in [0.1, 0.15) is 0 Å². The van der Waals surface area contributed by atoms with E-state index in [-0.39, 0.29) is 29.7 Å². The van der Waals surface area contributed by atoms with Crippen LogP contribution >= 0.6 is 0 Å². The van der Waals surface area contributed by atoms with Gasteiger partial charge in [0.2, 0.25) is 11.8 Å². The average molecular weight is 321 g/mol. The van der Waals surface area contributed by atoms with Crippen molar-refractivity contribution in [3.8, 4) is 0 Å². The normalized spacial score (nSPS) is 35.1. The summed E-state index contributed by atoms with van der Waals surface area (Å²) >= 11 is 0. The van der Waals surface area contributed by atoms with Crippen molar-refractivity contribution >= 4 is 11.8 Å². The minimum atomic E-state index is -0.119. The van der Waals surface area contributed by atoms with E-state index in [0.717, 1.165) is 71.0 Å². The molecule has 1 aliphatic carbocycles. The highest BCUT2D eigenvalue weighted by molar-refractivity contribution is 5.88. The first kappa shape index (κ1) is 16.7. The average Bonchev–Trinajstić information content (AvgIpc) is 3.11. The molecule has 0 radical (unpaired) electrons. The summed E-state index contributed by atoms with van der Waals surface area (Å²) in [6.07, 6.45) is 8.26. The fraction of sp³-hybridized carbons (Fsp3) is 0.889. The molecule has 0 aromatic heterocycles. The molecule has 0 aromatic rings. The largest absolute Gasteiger partial charge is 0.352 e. The second-order valence-corrected chi connectivity index (χ2v) is 7.53. The number of rotatable bonds is 3. The Kier molecular flexibility index (Phi) is 5.57. The highest BCUT2D eigenvalue weighted by Crippen LogP contribution is 2.33. The van der Waals surface area contributed by atoms with Crippen LogP contribution in [0.3, 0.4) is 0 Å². The lowest BCUT2D eigenvalue weighted by atomic mass is 9.77. The molecule has 2 heterocycles. The van der Waals surface area contributed by atoms with Crippen molar-refractivity contribution in [3.63, 3.8) is 0 Å². The number of hydrogen-bond donors (Lipinski definition) is 2. The van der Waals surface area contributed by atoms with Gasteiger partial charge in [-0.05, 0) is 52.0 Å². The third-order valence-corrected chi connectivity index (χ3v) is 5.93. The molecule has 0 bridgehead atoms. The Morgan fingerprint density at radius 2 is 1.65 bits per heavy atom. The van der Waals surface area contributed by atoms with Crippen molar-refractivity contribution in [3.05, 3.63) is 0 Å². The molecule has 1 saturated carbocycles. The van der Waals surface area contributed by atoms with E-state index in [0.29, 0.717) is 6.04 Å². The quantitative estimate of drug-likeness (QED) is 0.831. The Hall–Kier alpha value is -1.10. The van der Waals surface area contributed by atoms with Crippen LogP contribution in [0.4, 0.5) is 0 Å². The molecule has 23 heavy (non-hydrogen) atoms. The maximum absolute atomic E-state index is 12.8. The predicted octanol–water partition coefficient (Wildman–Crippen LogP) is 1.67. The molecule has 2 amide bonds. The zero-order valence-corrected chi connectivity index (χ0v) is 14.4. The molecule has 2 aliphatic heterocycles. The van der Waals surface area contributed by atoms with Crippen LogP contribution in [0, 0.1) is 11.8 Å². The van der Waals surface area contributed by atoms with Gasteiger partial charge < -0.3 is 15.5 Å². The second-order valence-electron chi connectivity index (χ2n) is 7.53. The van der Waals surface area contributed by atoms with Gasteiger partial charge >= 0.3 is 0 Å². The molecule has 3 fully saturated rings. The fourth-order valence-corrected chi connectivity index (χ4v) is 4.44. The van der Waals surface area contributed by atoms with Crippen molar-refractivity contribution < 1.29 is 9.59 Å². The van der Waals surface area contributed by atoms with E-state index in [2.05, 4.69) is 17.6 Å². The van der Waals surface area contributed by atoms with E-state index >= 15 is 0 Å². The van der Waals surface area contributed by atoms with Crippen LogP contribution in [-0.2, 0) is 9.59 Å². The molecular weight excluding hydrogens is 290 g/mol. The van der Waals surface area contributed by atoms with Gasteiger partial charge in [0.15, 0.2) is 0 Å². The van der Waals surface area contributed by atoms with Crippen molar-refractivity contribution in [2.24, 2.45) is 11.8 Å². The number of carbonyl (C=O) groups is 2. The zero-order valence-electron chi connectivity index (χ0n) is 14.4. The number of carbonyl (C=O) groups excluding carboxylic acids is 2. The van der Waals surface area contributed by atoms with Crippen LogP contribution in [0.25, 0.3) is 0 Å². The first-order valence-electron chi connectivity index (χ1n) is 9.49. The van der Waals surface area contributed by atoms with Crippen LogP contribution in [0.15, 0.2) is 0 Å². The standard InChI is InChI=1S/C18H31N3O2/c1-13-16(9-6-10-19-13)20-17(22)14-7-2-3-8-15(14)18(23)21-11-4-5-12-21/h13-16,19H,2-12H2,1H3,(H,20,22). The Labute approximate surface area is 139 Å². The molecule has 5 heteroatoms. The Morgan fingerprint density at radius 3 is 2.35 bits per heavy atom. The van der Waals surface area contributed by atoms with Crippen LogP contribution in [0.1, 0.15) is 58.3 Å². The van der Waals surface area contributed by atoms with Crippen molar-refractivity contribution in [2.45, 2.75) is 70.4 Å². The van der Waals surface area contributed by atoms with E-state index < -0.39 is 0 Å². The lowest BCUT2D eigenvalue weighted by molar-refractivity contribution is -0.143. The van der Waals surface area contributed by atoms with Crippen LogP contribution in [0.2, 0.25) is 0 Å². The molecule has 3 rings (SSSR count). The van der Waals surface area contributed by atoms with Crippen LogP contribution in [-0.4, -0.2) is 48.4 Å².